The summed E-state index contributed by atoms with van der Waals surface area (Å²) in [5, 5.41) is 0. The Labute approximate surface area is 193 Å². The van der Waals surface area contributed by atoms with Crippen molar-refractivity contribution < 1.29 is 14.4 Å². The third-order valence-electron chi connectivity index (χ3n) is 7.89. The van der Waals surface area contributed by atoms with Gasteiger partial charge in [0, 0.05) is 0 Å². The van der Waals surface area contributed by atoms with E-state index in [9.17, 15) is 0 Å². The van der Waals surface area contributed by atoms with Crippen LogP contribution in [-0.4, -0.2) is 17.0 Å². The number of allylic oxidation sites excluding steroid dienone is 1. The van der Waals surface area contributed by atoms with Crippen LogP contribution in [0.5, 0.6) is 0 Å². The Balaban J connectivity index is 0.000000168. The van der Waals surface area contributed by atoms with Crippen LogP contribution in [0.2, 0.25) is 5.89 Å². The quantitative estimate of drug-likeness (QED) is 0.304. The summed E-state index contributed by atoms with van der Waals surface area (Å²) in [5.74, 6) is 2.17. The van der Waals surface area contributed by atoms with Crippen molar-refractivity contribution in [1.29, 1.82) is 0 Å². The van der Waals surface area contributed by atoms with Gasteiger partial charge >= 0.3 is 72.8 Å². The molecule has 2 heteroatoms. The van der Waals surface area contributed by atoms with Crippen LogP contribution in [0, 0.1) is 0 Å². The van der Waals surface area contributed by atoms with Crippen molar-refractivity contribution in [3.05, 3.63) is 41.5 Å². The van der Waals surface area contributed by atoms with Crippen molar-refractivity contribution in [1.82, 2.24) is 0 Å². The maximum atomic E-state index is 2.27. The van der Waals surface area contributed by atoms with Crippen molar-refractivity contribution in [3.8, 4) is 0 Å². The standard InChI is InChI=1S/C18H33P.C9H7.CH3.Ni/c1-4-10-16(11-5-1)19(17-12-6-2-7-13-17)18-14-8-3-9-15-18;1-2-5-9-7-3-6-8(9)4-1;;/h16-18H,1-15H2;1-7H;1H3;. The molecule has 170 valence electrons. The predicted octanol–water partition coefficient (Wildman–Crippen LogP) is 9.35. The molecule has 4 aliphatic rings. The molecule has 0 nitrogen and oxygen atoms in total. The molecule has 0 spiro atoms. The van der Waals surface area contributed by atoms with E-state index in [4.69, 9.17) is 0 Å². The van der Waals surface area contributed by atoms with Crippen LogP contribution in [0.15, 0.2) is 30.3 Å². The molecule has 0 bridgehead atoms. The van der Waals surface area contributed by atoms with Gasteiger partial charge in [0.05, 0.1) is 0 Å². The first kappa shape index (κ1) is 23.1. The van der Waals surface area contributed by atoms with Crippen molar-refractivity contribution >= 4 is 14.0 Å². The summed E-state index contributed by atoms with van der Waals surface area (Å²) in [6.45, 7) is 0. The van der Waals surface area contributed by atoms with Gasteiger partial charge in [-0.25, -0.2) is 0 Å². The second-order valence-corrected chi connectivity index (χ2v) is 14.1. The van der Waals surface area contributed by atoms with Crippen LogP contribution >= 0.6 is 7.92 Å². The van der Waals surface area contributed by atoms with E-state index in [2.05, 4.69) is 42.3 Å². The fourth-order valence-corrected chi connectivity index (χ4v) is 11.9. The van der Waals surface area contributed by atoms with E-state index in [0.29, 0.717) is 12.8 Å². The van der Waals surface area contributed by atoms with Crippen molar-refractivity contribution in [2.24, 2.45) is 0 Å². The van der Waals surface area contributed by atoms with E-state index < -0.39 is 0 Å². The minimum absolute atomic E-state index is 0.385. The fraction of sp³-hybridized carbons (Fsp3) is 0.714. The third-order valence-corrected chi connectivity index (χ3v) is 13.1. The SMILES string of the molecule is C1CCC(P(C2CCCCC2)C2CCCCC2)CC1.[CH3][Ni][CH]1C=Cc2ccccc21. The molecule has 3 fully saturated rings. The monoisotopic (exact) mass is 468 g/mol. The molecule has 0 aromatic heterocycles. The number of hydrogen-bond acceptors (Lipinski definition) is 0. The van der Waals surface area contributed by atoms with Gasteiger partial charge in [-0.05, 0) is 55.5 Å². The van der Waals surface area contributed by atoms with Crippen LogP contribution in [0.25, 0.3) is 6.08 Å². The van der Waals surface area contributed by atoms with E-state index in [1.54, 1.807) is 91.5 Å². The normalized spacial score (nSPS) is 25.9. The predicted molar refractivity (Wildman–Crippen MR) is 132 cm³/mol. The molecule has 0 heterocycles. The van der Waals surface area contributed by atoms with Crippen LogP contribution in [-0.2, 0) is 14.4 Å². The van der Waals surface area contributed by atoms with Crippen molar-refractivity contribution in [2.75, 3.05) is 0 Å². The van der Waals surface area contributed by atoms with Gasteiger partial charge in [-0.2, -0.15) is 0 Å². The Hall–Kier alpha value is -0.116. The first-order chi connectivity index (χ1) is 14.9. The van der Waals surface area contributed by atoms with Gasteiger partial charge in [-0.15, -0.1) is 0 Å². The first-order valence-electron chi connectivity index (χ1n) is 12.8. The van der Waals surface area contributed by atoms with Crippen molar-refractivity contribution in [2.45, 2.75) is 124 Å². The minimum atomic E-state index is 0.385. The van der Waals surface area contributed by atoms with Gasteiger partial charge in [0.15, 0.2) is 0 Å². The average molecular weight is 469 g/mol. The van der Waals surface area contributed by atoms with Crippen molar-refractivity contribution in [3.63, 3.8) is 0 Å². The molecule has 0 saturated heterocycles. The molecule has 1 aromatic rings. The van der Waals surface area contributed by atoms with Gasteiger partial charge in [-0.3, -0.25) is 0 Å². The van der Waals surface area contributed by atoms with Crippen LogP contribution in [0.3, 0.4) is 0 Å². The third kappa shape index (κ3) is 6.01. The molecule has 1 aromatic carbocycles. The number of rotatable bonds is 4. The zero-order chi connectivity index (χ0) is 20.6. The molecular weight excluding hydrogens is 426 g/mol. The molecule has 1 unspecified atom stereocenters. The summed E-state index contributed by atoms with van der Waals surface area (Å²) in [6, 6.07) is 8.58. The average Bonchev–Trinajstić information content (AvgIpc) is 3.25. The zero-order valence-corrected chi connectivity index (χ0v) is 21.0. The van der Waals surface area contributed by atoms with E-state index in [-0.39, 0.29) is 0 Å². The second kappa shape index (κ2) is 12.2. The number of fused-ring (bicyclic) bond motifs is 1. The summed E-state index contributed by atoms with van der Waals surface area (Å²) in [4.78, 5) is 0.610. The van der Waals surface area contributed by atoms with Gasteiger partial charge < -0.3 is 0 Å². The van der Waals surface area contributed by atoms with Crippen LogP contribution in [0.4, 0.5) is 0 Å². The second-order valence-electron chi connectivity index (χ2n) is 9.86. The maximum absolute atomic E-state index is 2.27. The number of hydrogen-bond donors (Lipinski definition) is 0. The van der Waals surface area contributed by atoms with Gasteiger partial charge in [0.1, 0.15) is 0 Å². The van der Waals surface area contributed by atoms with E-state index in [0.717, 1.165) is 0 Å². The van der Waals surface area contributed by atoms with Gasteiger partial charge in [0.25, 0.3) is 0 Å². The summed E-state index contributed by atoms with van der Waals surface area (Å²) < 4.78 is 0. The first-order valence-corrected chi connectivity index (χ1v) is 15.9. The van der Waals surface area contributed by atoms with Crippen LogP contribution < -0.4 is 0 Å². The Kier molecular flexibility index (Phi) is 9.38. The van der Waals surface area contributed by atoms with Gasteiger partial charge in [-0.1, -0.05) is 65.7 Å². The molecule has 4 aliphatic carbocycles. The molecule has 3 saturated carbocycles. The molecule has 1 atom stereocenters. The Morgan fingerprint density at radius 2 is 1.13 bits per heavy atom. The molecule has 0 N–H and O–H groups in total. The van der Waals surface area contributed by atoms with E-state index >= 15 is 0 Å². The molecular formula is C28H43NiP. The summed E-state index contributed by atoms with van der Waals surface area (Å²) in [6.07, 6.45) is 28.1. The Bertz CT molecular complexity index is 608. The zero-order valence-electron chi connectivity index (χ0n) is 19.1. The van der Waals surface area contributed by atoms with Crippen LogP contribution in [0.1, 0.15) is 112 Å². The van der Waals surface area contributed by atoms with E-state index in [1.165, 1.54) is 47.4 Å². The van der Waals surface area contributed by atoms with Gasteiger partial charge in [0.2, 0.25) is 0 Å². The number of benzene rings is 1. The summed E-state index contributed by atoms with van der Waals surface area (Å²) in [5.41, 5.74) is 6.42. The molecule has 0 amide bonds. The Morgan fingerprint density at radius 1 is 0.667 bits per heavy atom. The topological polar surface area (TPSA) is 0 Å². The molecule has 0 aliphatic heterocycles. The molecule has 5 rings (SSSR count). The summed E-state index contributed by atoms with van der Waals surface area (Å²) in [7, 11) is 0.385. The van der Waals surface area contributed by atoms with E-state index in [1.807, 2.05) is 0 Å². The fourth-order valence-electron chi connectivity index (χ4n) is 6.37. The Morgan fingerprint density at radius 3 is 1.60 bits per heavy atom. The summed E-state index contributed by atoms with van der Waals surface area (Å²) >= 11 is 1.72. The molecule has 30 heavy (non-hydrogen) atoms. The molecule has 0 radical (unpaired) electrons.